The van der Waals surface area contributed by atoms with Crippen LogP contribution in [0.1, 0.15) is 167 Å². The molecular formula is C110H135N9O15. The zero-order valence-electron chi connectivity index (χ0n) is 79.3. The van der Waals surface area contributed by atoms with Crippen LogP contribution in [0.15, 0.2) is 146 Å². The Balaban J connectivity index is 0.000000135. The van der Waals surface area contributed by atoms with Crippen molar-refractivity contribution in [3.8, 4) is 51.0 Å². The zero-order valence-corrected chi connectivity index (χ0v) is 79.3. The minimum Gasteiger partial charge on any atom is -0.488 e. The summed E-state index contributed by atoms with van der Waals surface area (Å²) in [4.78, 5) is 65.5. The molecule has 0 amide bonds. The van der Waals surface area contributed by atoms with Gasteiger partial charge in [-0.15, -0.1) is 0 Å². The number of piperidine rings is 3. The number of carboxylic acids is 3. The van der Waals surface area contributed by atoms with Crippen molar-refractivity contribution < 1.29 is 72.3 Å². The number of aliphatic carboxylic acids is 3. The molecule has 14 heterocycles. The van der Waals surface area contributed by atoms with Crippen molar-refractivity contribution in [1.82, 2.24) is 29.7 Å². The summed E-state index contributed by atoms with van der Waals surface area (Å²) < 4.78 is 54.4. The van der Waals surface area contributed by atoms with Crippen LogP contribution >= 0.6 is 0 Å². The topological polar surface area (TPSA) is 253 Å². The maximum absolute atomic E-state index is 12.0. The van der Waals surface area contributed by atoms with E-state index in [9.17, 15) is 29.7 Å². The normalized spacial score (nSPS) is 23.3. The third-order valence-corrected chi connectivity index (χ3v) is 30.9. The number of rotatable bonds is 22. The number of carboxylic acid groups (broad SMARTS) is 3. The van der Waals surface area contributed by atoms with Crippen molar-refractivity contribution >= 4 is 35.4 Å². The molecule has 8 saturated heterocycles. The number of benzene rings is 6. The molecule has 11 aliphatic heterocycles. The van der Waals surface area contributed by atoms with Gasteiger partial charge in [0.2, 0.25) is 0 Å². The molecule has 3 aromatic heterocycles. The first kappa shape index (κ1) is 94.0. The number of para-hydroxylation sites is 3. The van der Waals surface area contributed by atoms with E-state index in [0.717, 1.165) is 254 Å². The number of carbonyl (C=O) groups is 3. The monoisotopic (exact) mass is 1820 g/mol. The highest BCUT2D eigenvalue weighted by molar-refractivity contribution is 5.76. The van der Waals surface area contributed by atoms with Gasteiger partial charge < -0.3 is 72.7 Å². The standard InChI is InChI=1S/2C38H47N3O5.C34H41N3O5/c2*1-25-6-3-7-31(33-8-4-10-35(39-33)41-20-15-32(38(42)43)37-34(41)9-5-21-45-37)36(25)46-24-28-12-11-27-13-18-40(19-14-30(27)26(28)2)29-16-22-44-23-17-29;1-22-6-4-7-27(30-8-5-9-32(35-30)36-13-10-28(34(38)39)31(20-36)40-3)33(22)42-21-24-16-23(2)29-19-37(18-25(29)17-24)26-11-14-41-15-12-26/h2*3-4,6-8,10-12,29,32,34,37H,5,9,13-24H2,1-2H3,(H,42,43);4-9,16-17,26,28,31H,10-15,18-21H2,1-3H3,(H,38,39)/t2*32-,34+,37-;28-,31+/m110/s1. The van der Waals surface area contributed by atoms with Gasteiger partial charge in [0, 0.05) is 160 Å². The summed E-state index contributed by atoms with van der Waals surface area (Å²) in [5.74, 6) is 1.33. The van der Waals surface area contributed by atoms with E-state index in [1.807, 2.05) is 60.7 Å². The molecule has 24 nitrogen and oxygen atoms in total. The Morgan fingerprint density at radius 1 is 0.388 bits per heavy atom. The van der Waals surface area contributed by atoms with Crippen molar-refractivity contribution in [2.75, 3.05) is 127 Å². The number of hydrogen-bond acceptors (Lipinski definition) is 21. The second kappa shape index (κ2) is 43.3. The third kappa shape index (κ3) is 21.1. The highest BCUT2D eigenvalue weighted by Crippen LogP contribution is 2.44. The fourth-order valence-electron chi connectivity index (χ4n) is 23.3. The number of nitrogens with zero attached hydrogens (tertiary/aromatic N) is 9. The Morgan fingerprint density at radius 2 is 0.799 bits per heavy atom. The second-order valence-electron chi connectivity index (χ2n) is 38.8. The van der Waals surface area contributed by atoms with Gasteiger partial charge in [-0.05, 0) is 289 Å². The molecule has 8 fully saturated rings. The molecule has 0 saturated carbocycles. The molecule has 0 aliphatic carbocycles. The fraction of sp³-hybridized carbons (Fsp3) is 0.509. The van der Waals surface area contributed by atoms with Crippen LogP contribution in [0.5, 0.6) is 17.2 Å². The van der Waals surface area contributed by atoms with E-state index in [0.29, 0.717) is 96.6 Å². The molecule has 0 bridgehead atoms. The minimum absolute atomic E-state index is 0.0134. The summed E-state index contributed by atoms with van der Waals surface area (Å²) in [6, 6.07) is 52.6. The van der Waals surface area contributed by atoms with E-state index >= 15 is 0 Å². The van der Waals surface area contributed by atoms with E-state index in [1.54, 1.807) is 7.11 Å². The quantitative estimate of drug-likeness (QED) is 0.0570. The number of methoxy groups -OCH3 is 1. The van der Waals surface area contributed by atoms with Crippen molar-refractivity contribution in [1.29, 1.82) is 0 Å². The summed E-state index contributed by atoms with van der Waals surface area (Å²) in [6.07, 6.45) is 15.4. The lowest BCUT2D eigenvalue weighted by atomic mass is 9.84. The van der Waals surface area contributed by atoms with E-state index in [-0.39, 0.29) is 30.4 Å². The number of aromatic nitrogens is 3. The number of hydrogen-bond donors (Lipinski definition) is 3. The summed E-state index contributed by atoms with van der Waals surface area (Å²) in [6.45, 7) is 29.9. The van der Waals surface area contributed by atoms with E-state index in [4.69, 9.17) is 57.6 Å². The van der Waals surface area contributed by atoms with Crippen molar-refractivity contribution in [3.05, 3.63) is 229 Å². The molecule has 8 atom stereocenters. The van der Waals surface area contributed by atoms with Gasteiger partial charge in [0.05, 0.1) is 65.2 Å². The Bertz CT molecular complexity index is 5390. The predicted molar refractivity (Wildman–Crippen MR) is 519 cm³/mol. The molecular weight excluding hydrogens is 1690 g/mol. The van der Waals surface area contributed by atoms with Gasteiger partial charge in [-0.2, -0.15) is 0 Å². The van der Waals surface area contributed by atoms with E-state index < -0.39 is 35.7 Å². The molecule has 9 aromatic rings. The predicted octanol–water partition coefficient (Wildman–Crippen LogP) is 17.3. The molecule has 0 radical (unpaired) electrons. The Morgan fingerprint density at radius 3 is 1.25 bits per heavy atom. The van der Waals surface area contributed by atoms with Gasteiger partial charge in [0.25, 0.3) is 0 Å². The summed E-state index contributed by atoms with van der Waals surface area (Å²) in [5, 5.41) is 29.2. The summed E-state index contributed by atoms with van der Waals surface area (Å²) in [5.41, 5.74) is 25.2. The Hall–Kier alpha value is -10.4. The number of pyridine rings is 3. The minimum atomic E-state index is -0.806. The van der Waals surface area contributed by atoms with Gasteiger partial charge in [-0.3, -0.25) is 29.1 Å². The van der Waals surface area contributed by atoms with Gasteiger partial charge >= 0.3 is 17.9 Å². The zero-order chi connectivity index (χ0) is 92.5. The first-order valence-corrected chi connectivity index (χ1v) is 49.5. The number of anilines is 3. The first-order valence-electron chi connectivity index (χ1n) is 49.5. The molecule has 24 heteroatoms. The lowest BCUT2D eigenvalue weighted by Crippen LogP contribution is -2.57. The molecule has 6 aromatic carbocycles. The average Bonchev–Trinajstić information content (AvgIpc) is 1.22. The first-order chi connectivity index (χ1) is 65.4. The van der Waals surface area contributed by atoms with Gasteiger partial charge in [0.15, 0.2) is 0 Å². The smallest absolute Gasteiger partial charge is 0.309 e. The van der Waals surface area contributed by atoms with Gasteiger partial charge in [-0.25, -0.2) is 15.0 Å². The molecule has 20 rings (SSSR count). The molecule has 0 spiro atoms. The van der Waals surface area contributed by atoms with E-state index in [1.165, 1.54) is 66.8 Å². The van der Waals surface area contributed by atoms with Crippen molar-refractivity contribution in [2.24, 2.45) is 17.8 Å². The van der Waals surface area contributed by atoms with Crippen LogP contribution < -0.4 is 28.9 Å². The van der Waals surface area contributed by atoms with Crippen LogP contribution in [-0.4, -0.2) is 224 Å². The SMILES string of the molecule is CO[C@@H]1CN(c2cccc(-c3cccc(C)c3OCc3cc(C)c4c(c3)CN(C3CCOCC3)C4)n2)CC[C@@H]1C(=O)O.Cc1cccc(-c2cccc(N3CC[C@@H](C(=O)O)[C@H]4OCCC[C@@H]43)n2)c1OCc1ccc2c(c1C)CCN(C1CCOCC1)CC2.Cc1cccc(-c2cccc(N3CC[C@@H](C(=O)O)[C@H]4OCCC[C@@H]43)n2)c1OCc1ccc2c(c1C)CCN(C1CCOCC1)CC2. The van der Waals surface area contributed by atoms with Gasteiger partial charge in [0.1, 0.15) is 54.5 Å². The maximum Gasteiger partial charge on any atom is 0.309 e. The van der Waals surface area contributed by atoms with Crippen LogP contribution in [0.25, 0.3) is 33.8 Å². The Labute approximate surface area is 789 Å². The van der Waals surface area contributed by atoms with Crippen LogP contribution in [0.2, 0.25) is 0 Å². The van der Waals surface area contributed by atoms with Crippen molar-refractivity contribution in [3.63, 3.8) is 0 Å². The van der Waals surface area contributed by atoms with Crippen molar-refractivity contribution in [2.45, 2.75) is 232 Å². The van der Waals surface area contributed by atoms with E-state index in [2.05, 4.69) is 156 Å². The number of aryl methyl sites for hydroxylation is 4. The third-order valence-electron chi connectivity index (χ3n) is 30.9. The average molecular weight is 1820 g/mol. The second-order valence-corrected chi connectivity index (χ2v) is 38.8. The number of ether oxygens (including phenoxy) is 9. The largest absolute Gasteiger partial charge is 0.488 e. The molecule has 710 valence electrons. The van der Waals surface area contributed by atoms with Crippen LogP contribution in [0.3, 0.4) is 0 Å². The fourth-order valence-corrected chi connectivity index (χ4v) is 23.3. The summed E-state index contributed by atoms with van der Waals surface area (Å²) >= 11 is 0. The molecule has 134 heavy (non-hydrogen) atoms. The molecule has 0 unspecified atom stereocenters. The van der Waals surface area contributed by atoms with Crippen LogP contribution in [-0.2, 0) is 101 Å². The number of fused-ring (bicyclic) bond motifs is 5. The maximum atomic E-state index is 12.0. The lowest BCUT2D eigenvalue weighted by molar-refractivity contribution is -0.153. The molecule has 11 aliphatic rings. The van der Waals surface area contributed by atoms with Crippen LogP contribution in [0.4, 0.5) is 17.5 Å². The lowest BCUT2D eigenvalue weighted by Gasteiger charge is -2.47. The van der Waals surface area contributed by atoms with Gasteiger partial charge in [-0.1, -0.05) is 91.0 Å². The highest BCUT2D eigenvalue weighted by Gasteiger charge is 2.47. The van der Waals surface area contributed by atoms with Crippen LogP contribution in [0, 0.1) is 59.3 Å². The highest BCUT2D eigenvalue weighted by atomic mass is 16.5. The Kier molecular flexibility index (Phi) is 30.4. The summed E-state index contributed by atoms with van der Waals surface area (Å²) in [7, 11) is 1.58. The molecule has 3 N–H and O–H groups in total.